The smallest absolute Gasteiger partial charge is 0.252 e. The summed E-state index contributed by atoms with van der Waals surface area (Å²) < 4.78 is 0. The summed E-state index contributed by atoms with van der Waals surface area (Å²) in [5.41, 5.74) is 3.14. The second-order valence-corrected chi connectivity index (χ2v) is 7.63. The van der Waals surface area contributed by atoms with E-state index in [9.17, 15) is 4.79 Å². The molecule has 1 amide bonds. The topological polar surface area (TPSA) is 29.1 Å². The summed E-state index contributed by atoms with van der Waals surface area (Å²) in [6, 6.07) is 16.2. The van der Waals surface area contributed by atoms with Gasteiger partial charge in [-0.15, -0.1) is 11.8 Å². The van der Waals surface area contributed by atoms with E-state index >= 15 is 0 Å². The minimum atomic E-state index is 0.00109. The Kier molecular flexibility index (Phi) is 6.28. The SMILES string of the molecule is CC[C@H](NC(=O)c1ccccc1SC(C)C)c1ccc(C)cc1. The van der Waals surface area contributed by atoms with E-state index in [1.165, 1.54) is 5.56 Å². The Bertz CT molecular complexity index is 649. The number of aryl methyl sites for hydroxylation is 1. The van der Waals surface area contributed by atoms with E-state index in [1.54, 1.807) is 11.8 Å². The van der Waals surface area contributed by atoms with E-state index in [-0.39, 0.29) is 11.9 Å². The molecule has 0 radical (unpaired) electrons. The van der Waals surface area contributed by atoms with Crippen LogP contribution >= 0.6 is 11.8 Å². The molecule has 0 saturated carbocycles. The van der Waals surface area contributed by atoms with Crippen molar-refractivity contribution >= 4 is 17.7 Å². The third-order valence-corrected chi connectivity index (χ3v) is 4.77. The fraction of sp³-hybridized carbons (Fsp3) is 0.350. The van der Waals surface area contributed by atoms with Crippen LogP contribution in [-0.4, -0.2) is 11.2 Å². The van der Waals surface area contributed by atoms with Crippen LogP contribution in [0.25, 0.3) is 0 Å². The molecule has 0 heterocycles. The first-order valence-electron chi connectivity index (χ1n) is 8.14. The molecule has 0 aliphatic carbocycles. The first-order valence-corrected chi connectivity index (χ1v) is 9.02. The van der Waals surface area contributed by atoms with Crippen molar-refractivity contribution in [2.45, 2.75) is 50.3 Å². The summed E-state index contributed by atoms with van der Waals surface area (Å²) in [4.78, 5) is 13.8. The van der Waals surface area contributed by atoms with Crippen LogP contribution in [0.4, 0.5) is 0 Å². The highest BCUT2D eigenvalue weighted by Gasteiger charge is 2.17. The zero-order valence-electron chi connectivity index (χ0n) is 14.3. The molecule has 0 spiro atoms. The minimum absolute atomic E-state index is 0.00109. The van der Waals surface area contributed by atoms with Crippen molar-refractivity contribution < 1.29 is 4.79 Å². The normalized spacial score (nSPS) is 12.2. The molecule has 2 aromatic rings. The Morgan fingerprint density at radius 2 is 1.74 bits per heavy atom. The maximum absolute atomic E-state index is 12.7. The Labute approximate surface area is 143 Å². The number of thioether (sulfide) groups is 1. The molecule has 1 atom stereocenters. The molecule has 0 aliphatic rings. The van der Waals surface area contributed by atoms with Crippen molar-refractivity contribution in [3.63, 3.8) is 0 Å². The average Bonchev–Trinajstić information content (AvgIpc) is 2.53. The quantitative estimate of drug-likeness (QED) is 0.722. The monoisotopic (exact) mass is 327 g/mol. The molecule has 0 saturated heterocycles. The second kappa shape index (κ2) is 8.21. The molecule has 0 bridgehead atoms. The van der Waals surface area contributed by atoms with Crippen LogP contribution in [0, 0.1) is 6.92 Å². The second-order valence-electron chi connectivity index (χ2n) is 6.01. The summed E-state index contributed by atoms with van der Waals surface area (Å²) in [5, 5.41) is 3.63. The lowest BCUT2D eigenvalue weighted by Gasteiger charge is -2.19. The van der Waals surface area contributed by atoms with Gasteiger partial charge in [0.1, 0.15) is 0 Å². The Morgan fingerprint density at radius 3 is 2.35 bits per heavy atom. The Morgan fingerprint density at radius 1 is 1.09 bits per heavy atom. The number of hydrogen-bond donors (Lipinski definition) is 1. The van der Waals surface area contributed by atoms with Gasteiger partial charge in [-0.3, -0.25) is 4.79 Å². The molecule has 1 N–H and O–H groups in total. The largest absolute Gasteiger partial charge is 0.345 e. The highest BCUT2D eigenvalue weighted by atomic mass is 32.2. The van der Waals surface area contributed by atoms with Gasteiger partial charge in [-0.1, -0.05) is 62.7 Å². The van der Waals surface area contributed by atoms with Gasteiger partial charge in [-0.2, -0.15) is 0 Å². The van der Waals surface area contributed by atoms with Gasteiger partial charge < -0.3 is 5.32 Å². The van der Waals surface area contributed by atoms with Gasteiger partial charge in [0.15, 0.2) is 0 Å². The van der Waals surface area contributed by atoms with Gasteiger partial charge in [-0.05, 0) is 31.0 Å². The number of rotatable bonds is 6. The molecule has 2 aromatic carbocycles. The predicted octanol–water partition coefficient (Wildman–Crippen LogP) is 5.38. The van der Waals surface area contributed by atoms with Crippen LogP contribution < -0.4 is 5.32 Å². The molecule has 0 unspecified atom stereocenters. The van der Waals surface area contributed by atoms with Crippen molar-refractivity contribution in [3.05, 3.63) is 65.2 Å². The first kappa shape index (κ1) is 17.6. The van der Waals surface area contributed by atoms with E-state index in [0.717, 1.165) is 22.4 Å². The van der Waals surface area contributed by atoms with Crippen LogP contribution in [0.15, 0.2) is 53.4 Å². The van der Waals surface area contributed by atoms with Gasteiger partial charge in [0.05, 0.1) is 11.6 Å². The van der Waals surface area contributed by atoms with Crippen molar-refractivity contribution in [2.75, 3.05) is 0 Å². The third kappa shape index (κ3) is 4.87. The summed E-state index contributed by atoms with van der Waals surface area (Å²) >= 11 is 1.73. The molecule has 2 rings (SSSR count). The average molecular weight is 327 g/mol. The van der Waals surface area contributed by atoms with Crippen LogP contribution in [-0.2, 0) is 0 Å². The van der Waals surface area contributed by atoms with E-state index < -0.39 is 0 Å². The van der Waals surface area contributed by atoms with Gasteiger partial charge in [0, 0.05) is 10.1 Å². The predicted molar refractivity (Wildman–Crippen MR) is 99.1 cm³/mol. The van der Waals surface area contributed by atoms with E-state index in [1.807, 2.05) is 24.3 Å². The van der Waals surface area contributed by atoms with Crippen LogP contribution in [0.1, 0.15) is 54.7 Å². The van der Waals surface area contributed by atoms with Crippen LogP contribution in [0.2, 0.25) is 0 Å². The zero-order chi connectivity index (χ0) is 16.8. The highest BCUT2D eigenvalue weighted by molar-refractivity contribution is 8.00. The third-order valence-electron chi connectivity index (χ3n) is 3.69. The molecular formula is C20H25NOS. The zero-order valence-corrected chi connectivity index (χ0v) is 15.1. The molecule has 2 nitrogen and oxygen atoms in total. The minimum Gasteiger partial charge on any atom is -0.345 e. The van der Waals surface area contributed by atoms with E-state index in [2.05, 4.69) is 57.3 Å². The van der Waals surface area contributed by atoms with Crippen molar-refractivity contribution in [1.82, 2.24) is 5.32 Å². The summed E-state index contributed by atoms with van der Waals surface area (Å²) in [6.45, 7) is 8.45. The van der Waals surface area contributed by atoms with Gasteiger partial charge in [0.2, 0.25) is 0 Å². The highest BCUT2D eigenvalue weighted by Crippen LogP contribution is 2.27. The maximum atomic E-state index is 12.7. The lowest BCUT2D eigenvalue weighted by Crippen LogP contribution is -2.28. The number of carbonyl (C=O) groups excluding carboxylic acids is 1. The molecule has 0 aliphatic heterocycles. The van der Waals surface area contributed by atoms with E-state index in [0.29, 0.717) is 5.25 Å². The Hall–Kier alpha value is -1.74. The molecule has 122 valence electrons. The fourth-order valence-electron chi connectivity index (χ4n) is 2.47. The molecule has 3 heteroatoms. The van der Waals surface area contributed by atoms with Crippen molar-refractivity contribution in [1.29, 1.82) is 0 Å². The fourth-order valence-corrected chi connectivity index (χ4v) is 3.42. The van der Waals surface area contributed by atoms with Crippen LogP contribution in [0.5, 0.6) is 0 Å². The number of nitrogens with one attached hydrogen (secondary N) is 1. The first-order chi connectivity index (χ1) is 11.0. The summed E-state index contributed by atoms with van der Waals surface area (Å²) in [5.74, 6) is 0.00109. The number of benzene rings is 2. The van der Waals surface area contributed by atoms with Crippen LogP contribution in [0.3, 0.4) is 0 Å². The summed E-state index contributed by atoms with van der Waals surface area (Å²) in [6.07, 6.45) is 0.869. The summed E-state index contributed by atoms with van der Waals surface area (Å²) in [7, 11) is 0. The van der Waals surface area contributed by atoms with Gasteiger partial charge in [-0.25, -0.2) is 0 Å². The van der Waals surface area contributed by atoms with E-state index in [4.69, 9.17) is 0 Å². The van der Waals surface area contributed by atoms with Crippen molar-refractivity contribution in [3.8, 4) is 0 Å². The lowest BCUT2D eigenvalue weighted by atomic mass is 10.0. The van der Waals surface area contributed by atoms with Gasteiger partial charge in [0.25, 0.3) is 5.91 Å². The molecule has 0 fully saturated rings. The Balaban J connectivity index is 2.18. The standard InChI is InChI=1S/C20H25NOS/c1-5-18(16-12-10-15(4)11-13-16)21-20(22)17-8-6-7-9-19(17)23-14(2)3/h6-14,18H,5H2,1-4H3,(H,21,22)/t18-/m0/s1. The van der Waals surface area contributed by atoms with Gasteiger partial charge >= 0.3 is 0 Å². The molecule has 23 heavy (non-hydrogen) atoms. The molecular weight excluding hydrogens is 302 g/mol. The number of carbonyl (C=O) groups is 1. The lowest BCUT2D eigenvalue weighted by molar-refractivity contribution is 0.0932. The van der Waals surface area contributed by atoms with Crippen molar-refractivity contribution in [2.24, 2.45) is 0 Å². The molecule has 0 aromatic heterocycles. The maximum Gasteiger partial charge on any atom is 0.252 e. The number of amides is 1. The number of hydrogen-bond acceptors (Lipinski definition) is 2.